The number of rotatable bonds is 5. The van der Waals surface area contributed by atoms with Crippen LogP contribution in [0.1, 0.15) is 6.92 Å². The van der Waals surface area contributed by atoms with Crippen molar-refractivity contribution in [1.82, 2.24) is 9.03 Å². The highest BCUT2D eigenvalue weighted by molar-refractivity contribution is 7.87. The summed E-state index contributed by atoms with van der Waals surface area (Å²) in [7, 11) is -3.76. The van der Waals surface area contributed by atoms with Gasteiger partial charge < -0.3 is 10.0 Å². The van der Waals surface area contributed by atoms with E-state index < -0.39 is 22.2 Å². The van der Waals surface area contributed by atoms with Crippen LogP contribution in [-0.4, -0.2) is 56.0 Å². The van der Waals surface area contributed by atoms with E-state index in [1.807, 2.05) is 30.3 Å². The minimum atomic E-state index is -3.76. The molecule has 0 aliphatic carbocycles. The number of carboxylic acids is 1. The number of carboxylic acid groups (broad SMARTS) is 1. The minimum absolute atomic E-state index is 0.330. The van der Waals surface area contributed by atoms with Gasteiger partial charge >= 0.3 is 5.97 Å². The quantitative estimate of drug-likeness (QED) is 0.805. The lowest BCUT2D eigenvalue weighted by Gasteiger charge is -2.35. The fraction of sp³-hybridized carbons (Fsp3) is 0.462. The predicted molar refractivity (Wildman–Crippen MR) is 79.4 cm³/mol. The zero-order valence-corrected chi connectivity index (χ0v) is 12.6. The van der Waals surface area contributed by atoms with Gasteiger partial charge in [0, 0.05) is 31.9 Å². The minimum Gasteiger partial charge on any atom is -0.480 e. The van der Waals surface area contributed by atoms with Gasteiger partial charge in [-0.15, -0.1) is 0 Å². The monoisotopic (exact) mass is 313 g/mol. The molecule has 8 heteroatoms. The van der Waals surface area contributed by atoms with E-state index in [2.05, 4.69) is 9.62 Å². The molecule has 0 unspecified atom stereocenters. The zero-order valence-electron chi connectivity index (χ0n) is 11.8. The first-order valence-corrected chi connectivity index (χ1v) is 8.14. The van der Waals surface area contributed by atoms with Crippen molar-refractivity contribution in [2.45, 2.75) is 13.0 Å². The second kappa shape index (κ2) is 6.42. The number of para-hydroxylation sites is 1. The fourth-order valence-electron chi connectivity index (χ4n) is 2.17. The van der Waals surface area contributed by atoms with Gasteiger partial charge in [0.1, 0.15) is 6.04 Å². The van der Waals surface area contributed by atoms with Crippen LogP contribution in [0.25, 0.3) is 0 Å². The lowest BCUT2D eigenvalue weighted by Crippen LogP contribution is -2.54. The predicted octanol–water partition coefficient (Wildman–Crippen LogP) is 0.116. The fourth-order valence-corrected chi connectivity index (χ4v) is 3.51. The SMILES string of the molecule is C[C@@H](NS(=O)(=O)N1CCN(c2ccccc2)CC1)C(=O)O. The summed E-state index contributed by atoms with van der Waals surface area (Å²) in [5, 5.41) is 8.78. The number of hydrogen-bond acceptors (Lipinski definition) is 4. The van der Waals surface area contributed by atoms with E-state index >= 15 is 0 Å². The first kappa shape index (κ1) is 15.7. The Hall–Kier alpha value is -1.64. The smallest absolute Gasteiger partial charge is 0.321 e. The topological polar surface area (TPSA) is 90.0 Å². The molecule has 1 heterocycles. The van der Waals surface area contributed by atoms with E-state index in [1.165, 1.54) is 11.2 Å². The van der Waals surface area contributed by atoms with Crippen molar-refractivity contribution < 1.29 is 18.3 Å². The van der Waals surface area contributed by atoms with Gasteiger partial charge in [-0.2, -0.15) is 17.4 Å². The highest BCUT2D eigenvalue weighted by atomic mass is 32.2. The first-order chi connectivity index (χ1) is 9.90. The largest absolute Gasteiger partial charge is 0.480 e. The van der Waals surface area contributed by atoms with E-state index in [-0.39, 0.29) is 0 Å². The normalized spacial score (nSPS) is 18.4. The van der Waals surface area contributed by atoms with Crippen LogP contribution in [0.5, 0.6) is 0 Å². The summed E-state index contributed by atoms with van der Waals surface area (Å²) in [6.45, 7) is 3.12. The molecule has 0 saturated carbocycles. The Kier molecular flexibility index (Phi) is 4.81. The lowest BCUT2D eigenvalue weighted by atomic mass is 10.2. The molecule has 0 radical (unpaired) electrons. The number of carbonyl (C=O) groups is 1. The molecule has 1 aliphatic heterocycles. The Labute approximate surface area is 124 Å². The molecule has 0 aromatic heterocycles. The van der Waals surface area contributed by atoms with Crippen molar-refractivity contribution in [3.8, 4) is 0 Å². The molecule has 2 N–H and O–H groups in total. The van der Waals surface area contributed by atoms with Crippen LogP contribution in [0.3, 0.4) is 0 Å². The Morgan fingerprint density at radius 1 is 1.19 bits per heavy atom. The summed E-state index contributed by atoms with van der Waals surface area (Å²) < 4.78 is 27.6. The molecule has 1 saturated heterocycles. The van der Waals surface area contributed by atoms with Crippen molar-refractivity contribution in [2.75, 3.05) is 31.1 Å². The molecule has 7 nitrogen and oxygen atoms in total. The average molecular weight is 313 g/mol. The van der Waals surface area contributed by atoms with Crippen LogP contribution in [0.2, 0.25) is 0 Å². The third-order valence-electron chi connectivity index (χ3n) is 3.40. The molecule has 116 valence electrons. The molecular formula is C13H19N3O4S. The molecule has 21 heavy (non-hydrogen) atoms. The molecule has 1 aromatic rings. The van der Waals surface area contributed by atoms with Crippen molar-refractivity contribution in [3.05, 3.63) is 30.3 Å². The van der Waals surface area contributed by atoms with Crippen LogP contribution < -0.4 is 9.62 Å². The average Bonchev–Trinajstić information content (AvgIpc) is 2.48. The number of benzene rings is 1. The third kappa shape index (κ3) is 3.93. The standard InChI is InChI=1S/C13H19N3O4S/c1-11(13(17)18)14-21(19,20)16-9-7-15(8-10-16)12-5-3-2-4-6-12/h2-6,11,14H,7-10H2,1H3,(H,17,18)/t11-/m1/s1. The number of aliphatic carboxylic acids is 1. The van der Waals surface area contributed by atoms with Gasteiger partial charge in [0.25, 0.3) is 10.2 Å². The summed E-state index contributed by atoms with van der Waals surface area (Å²) in [6.07, 6.45) is 0. The van der Waals surface area contributed by atoms with E-state index in [9.17, 15) is 13.2 Å². The lowest BCUT2D eigenvalue weighted by molar-refractivity contribution is -0.138. The summed E-state index contributed by atoms with van der Waals surface area (Å²) in [6, 6.07) is 8.64. The molecule has 1 atom stereocenters. The van der Waals surface area contributed by atoms with E-state index in [1.54, 1.807) is 0 Å². The van der Waals surface area contributed by atoms with Crippen LogP contribution in [0.4, 0.5) is 5.69 Å². The summed E-state index contributed by atoms with van der Waals surface area (Å²) in [5.74, 6) is -1.19. The number of anilines is 1. The van der Waals surface area contributed by atoms with Gasteiger partial charge in [0.15, 0.2) is 0 Å². The molecule has 1 aromatic carbocycles. The second-order valence-electron chi connectivity index (χ2n) is 4.90. The van der Waals surface area contributed by atoms with Crippen molar-refractivity contribution in [3.63, 3.8) is 0 Å². The van der Waals surface area contributed by atoms with Crippen LogP contribution in [-0.2, 0) is 15.0 Å². The molecule has 1 aliphatic rings. The Bertz CT molecular complexity index is 583. The Balaban J connectivity index is 1.96. The number of hydrogen-bond donors (Lipinski definition) is 2. The van der Waals surface area contributed by atoms with E-state index in [0.29, 0.717) is 26.2 Å². The summed E-state index contributed by atoms with van der Waals surface area (Å²) in [4.78, 5) is 12.8. The zero-order chi connectivity index (χ0) is 15.5. The van der Waals surface area contributed by atoms with Crippen molar-refractivity contribution in [2.24, 2.45) is 0 Å². The highest BCUT2D eigenvalue weighted by Gasteiger charge is 2.29. The Morgan fingerprint density at radius 2 is 1.76 bits per heavy atom. The first-order valence-electron chi connectivity index (χ1n) is 6.70. The molecule has 2 rings (SSSR count). The summed E-state index contributed by atoms with van der Waals surface area (Å²) >= 11 is 0. The molecule has 0 spiro atoms. The molecule has 1 fully saturated rings. The van der Waals surface area contributed by atoms with Crippen molar-refractivity contribution in [1.29, 1.82) is 0 Å². The number of nitrogens with one attached hydrogen (secondary N) is 1. The molecular weight excluding hydrogens is 294 g/mol. The van der Waals surface area contributed by atoms with Gasteiger partial charge in [-0.3, -0.25) is 4.79 Å². The van der Waals surface area contributed by atoms with Gasteiger partial charge in [-0.1, -0.05) is 18.2 Å². The molecule has 0 amide bonds. The van der Waals surface area contributed by atoms with Crippen LogP contribution in [0.15, 0.2) is 30.3 Å². The van der Waals surface area contributed by atoms with Gasteiger partial charge in [0.05, 0.1) is 0 Å². The molecule has 0 bridgehead atoms. The maximum atomic E-state index is 12.1. The number of nitrogens with zero attached hydrogens (tertiary/aromatic N) is 2. The van der Waals surface area contributed by atoms with Crippen LogP contribution >= 0.6 is 0 Å². The van der Waals surface area contributed by atoms with Gasteiger partial charge in [-0.25, -0.2) is 0 Å². The highest BCUT2D eigenvalue weighted by Crippen LogP contribution is 2.16. The van der Waals surface area contributed by atoms with Gasteiger partial charge in [0.2, 0.25) is 0 Å². The summed E-state index contributed by atoms with van der Waals surface area (Å²) in [5.41, 5.74) is 1.06. The van der Waals surface area contributed by atoms with Crippen molar-refractivity contribution >= 4 is 21.9 Å². The third-order valence-corrected chi connectivity index (χ3v) is 5.09. The van der Waals surface area contributed by atoms with Crippen LogP contribution in [0, 0.1) is 0 Å². The van der Waals surface area contributed by atoms with E-state index in [0.717, 1.165) is 5.69 Å². The van der Waals surface area contributed by atoms with E-state index in [4.69, 9.17) is 5.11 Å². The Morgan fingerprint density at radius 3 is 2.29 bits per heavy atom. The maximum Gasteiger partial charge on any atom is 0.321 e. The maximum absolute atomic E-state index is 12.1. The van der Waals surface area contributed by atoms with Gasteiger partial charge in [-0.05, 0) is 19.1 Å². The number of piperazine rings is 1. The second-order valence-corrected chi connectivity index (χ2v) is 6.61.